The van der Waals surface area contributed by atoms with Crippen molar-refractivity contribution >= 4 is 5.91 Å². The fourth-order valence-corrected chi connectivity index (χ4v) is 2.09. The van der Waals surface area contributed by atoms with Gasteiger partial charge in [0.25, 0.3) is 5.91 Å². The van der Waals surface area contributed by atoms with E-state index in [1.807, 2.05) is 44.2 Å². The fraction of sp³-hybridized carbons (Fsp3) is 0.375. The van der Waals surface area contributed by atoms with Crippen molar-refractivity contribution in [3.05, 3.63) is 42.1 Å². The van der Waals surface area contributed by atoms with Crippen molar-refractivity contribution in [2.45, 2.75) is 26.3 Å². The molecule has 5 heteroatoms. The summed E-state index contributed by atoms with van der Waals surface area (Å²) < 4.78 is 0. The van der Waals surface area contributed by atoms with Gasteiger partial charge in [0.1, 0.15) is 5.69 Å². The zero-order valence-electron chi connectivity index (χ0n) is 12.3. The van der Waals surface area contributed by atoms with Crippen molar-refractivity contribution in [3.63, 3.8) is 0 Å². The molecule has 5 nitrogen and oxygen atoms in total. The first-order valence-corrected chi connectivity index (χ1v) is 7.18. The summed E-state index contributed by atoms with van der Waals surface area (Å²) in [6.45, 7) is 3.97. The molecular formula is C16H21N3O2. The number of aromatic amines is 1. The lowest BCUT2D eigenvalue weighted by molar-refractivity contribution is 0.0886. The van der Waals surface area contributed by atoms with Crippen LogP contribution < -0.4 is 5.32 Å². The molecule has 112 valence electrons. The first kappa shape index (κ1) is 15.3. The molecule has 0 spiro atoms. The number of H-pyrrole nitrogens is 1. The number of aromatic nitrogens is 2. The maximum atomic E-state index is 12.2. The highest BCUT2D eigenvalue weighted by atomic mass is 16.3. The van der Waals surface area contributed by atoms with Gasteiger partial charge in [0, 0.05) is 5.56 Å². The minimum atomic E-state index is -0.246. The van der Waals surface area contributed by atoms with Crippen LogP contribution in [0.2, 0.25) is 0 Å². The molecule has 0 saturated carbocycles. The van der Waals surface area contributed by atoms with E-state index < -0.39 is 0 Å². The highest BCUT2D eigenvalue weighted by Crippen LogP contribution is 2.17. The number of amides is 1. The predicted molar refractivity (Wildman–Crippen MR) is 81.8 cm³/mol. The molecule has 1 aromatic carbocycles. The van der Waals surface area contributed by atoms with Gasteiger partial charge in [0.2, 0.25) is 0 Å². The van der Waals surface area contributed by atoms with Crippen LogP contribution in [0.4, 0.5) is 0 Å². The van der Waals surface area contributed by atoms with Gasteiger partial charge in [-0.05, 0) is 12.0 Å². The molecule has 0 saturated heterocycles. The second kappa shape index (κ2) is 7.04. The van der Waals surface area contributed by atoms with Gasteiger partial charge in [-0.1, -0.05) is 50.6 Å². The minimum Gasteiger partial charge on any atom is -0.394 e. The van der Waals surface area contributed by atoms with Crippen LogP contribution in [0.5, 0.6) is 0 Å². The van der Waals surface area contributed by atoms with Crippen molar-refractivity contribution < 1.29 is 9.90 Å². The molecule has 21 heavy (non-hydrogen) atoms. The maximum absolute atomic E-state index is 12.2. The lowest BCUT2D eigenvalue weighted by Crippen LogP contribution is -2.42. The second-order valence-electron chi connectivity index (χ2n) is 5.18. The zero-order chi connectivity index (χ0) is 15.2. The highest BCUT2D eigenvalue weighted by Gasteiger charge is 2.19. The van der Waals surface area contributed by atoms with Crippen LogP contribution in [0.1, 0.15) is 30.8 Å². The molecule has 0 aliphatic heterocycles. The van der Waals surface area contributed by atoms with Crippen molar-refractivity contribution in [3.8, 4) is 11.3 Å². The Labute approximate surface area is 124 Å². The van der Waals surface area contributed by atoms with Crippen molar-refractivity contribution in [2.75, 3.05) is 6.61 Å². The van der Waals surface area contributed by atoms with E-state index in [-0.39, 0.29) is 24.5 Å². The Morgan fingerprint density at radius 2 is 2.10 bits per heavy atom. The molecule has 0 radical (unpaired) electrons. The van der Waals surface area contributed by atoms with Gasteiger partial charge in [-0.25, -0.2) is 0 Å². The monoisotopic (exact) mass is 287 g/mol. The van der Waals surface area contributed by atoms with Crippen molar-refractivity contribution in [1.29, 1.82) is 0 Å². The van der Waals surface area contributed by atoms with E-state index in [1.54, 1.807) is 6.07 Å². The molecule has 0 aliphatic carbocycles. The summed E-state index contributed by atoms with van der Waals surface area (Å²) in [6, 6.07) is 11.1. The molecule has 0 bridgehead atoms. The Balaban J connectivity index is 2.09. The average Bonchev–Trinajstić information content (AvgIpc) is 3.02. The minimum absolute atomic E-state index is 0.0690. The van der Waals surface area contributed by atoms with Crippen molar-refractivity contribution in [1.82, 2.24) is 15.5 Å². The number of rotatable bonds is 6. The summed E-state index contributed by atoms with van der Waals surface area (Å²) >= 11 is 0. The van der Waals surface area contributed by atoms with Gasteiger partial charge >= 0.3 is 0 Å². The zero-order valence-corrected chi connectivity index (χ0v) is 12.3. The fourth-order valence-electron chi connectivity index (χ4n) is 2.09. The van der Waals surface area contributed by atoms with Crippen LogP contribution in [0, 0.1) is 5.92 Å². The second-order valence-corrected chi connectivity index (χ2v) is 5.18. The number of aliphatic hydroxyl groups excluding tert-OH is 1. The molecule has 1 amide bonds. The number of nitrogens with one attached hydrogen (secondary N) is 2. The number of benzene rings is 1. The Hall–Kier alpha value is -2.14. The number of hydrogen-bond donors (Lipinski definition) is 3. The summed E-state index contributed by atoms with van der Waals surface area (Å²) in [5.74, 6) is -0.0282. The standard InChI is InChI=1S/C16H21N3O2/c1-3-11(2)15(10-20)17-16(21)14-9-13(18-19-14)12-7-5-4-6-8-12/h4-9,11,15,20H,3,10H2,1-2H3,(H,17,21)(H,18,19). The quantitative estimate of drug-likeness (QED) is 0.762. The summed E-state index contributed by atoms with van der Waals surface area (Å²) in [7, 11) is 0. The smallest absolute Gasteiger partial charge is 0.269 e. The average molecular weight is 287 g/mol. The van der Waals surface area contributed by atoms with Gasteiger partial charge in [-0.2, -0.15) is 5.10 Å². The van der Waals surface area contributed by atoms with Crippen LogP contribution in [-0.2, 0) is 0 Å². The summed E-state index contributed by atoms with van der Waals surface area (Å²) in [4.78, 5) is 12.2. The van der Waals surface area contributed by atoms with Crippen LogP contribution in [0.3, 0.4) is 0 Å². The molecule has 2 aromatic rings. The molecule has 0 aliphatic rings. The molecule has 0 fully saturated rings. The Bertz CT molecular complexity index is 580. The topological polar surface area (TPSA) is 78.0 Å². The van der Waals surface area contributed by atoms with E-state index in [1.165, 1.54) is 0 Å². The summed E-state index contributed by atoms with van der Waals surface area (Å²) in [5.41, 5.74) is 2.08. The third-order valence-electron chi connectivity index (χ3n) is 3.74. The lowest BCUT2D eigenvalue weighted by Gasteiger charge is -2.21. The maximum Gasteiger partial charge on any atom is 0.269 e. The normalized spacial score (nSPS) is 13.7. The molecule has 2 atom stereocenters. The molecule has 1 heterocycles. The highest BCUT2D eigenvalue weighted by molar-refractivity contribution is 5.93. The van der Waals surface area contributed by atoms with Gasteiger partial charge < -0.3 is 10.4 Å². The largest absolute Gasteiger partial charge is 0.394 e. The lowest BCUT2D eigenvalue weighted by atomic mass is 10.00. The van der Waals surface area contributed by atoms with Gasteiger partial charge in [-0.15, -0.1) is 0 Å². The number of aliphatic hydroxyl groups is 1. The third kappa shape index (κ3) is 3.70. The molecule has 1 aromatic heterocycles. The van der Waals surface area contributed by atoms with E-state index in [4.69, 9.17) is 0 Å². The van der Waals surface area contributed by atoms with E-state index in [9.17, 15) is 9.90 Å². The van der Waals surface area contributed by atoms with Gasteiger partial charge in [-0.3, -0.25) is 9.89 Å². The number of nitrogens with zero attached hydrogens (tertiary/aromatic N) is 1. The number of carbonyl (C=O) groups is 1. The van der Waals surface area contributed by atoms with E-state index >= 15 is 0 Å². The van der Waals surface area contributed by atoms with Gasteiger partial charge in [0.05, 0.1) is 18.3 Å². The molecule has 3 N–H and O–H groups in total. The molecule has 2 rings (SSSR count). The third-order valence-corrected chi connectivity index (χ3v) is 3.74. The first-order valence-electron chi connectivity index (χ1n) is 7.18. The Kier molecular flexibility index (Phi) is 5.11. The van der Waals surface area contributed by atoms with Gasteiger partial charge in [0.15, 0.2) is 0 Å². The predicted octanol–water partition coefficient (Wildman–Crippen LogP) is 2.21. The van der Waals surface area contributed by atoms with Crippen molar-refractivity contribution in [2.24, 2.45) is 5.92 Å². The van der Waals surface area contributed by atoms with Crippen LogP contribution in [0.15, 0.2) is 36.4 Å². The molecule has 2 unspecified atom stereocenters. The Morgan fingerprint density at radius 1 is 1.38 bits per heavy atom. The number of hydrogen-bond acceptors (Lipinski definition) is 3. The Morgan fingerprint density at radius 3 is 2.71 bits per heavy atom. The summed E-state index contributed by atoms with van der Waals surface area (Å²) in [5, 5.41) is 19.1. The number of carbonyl (C=O) groups excluding carboxylic acids is 1. The summed E-state index contributed by atoms with van der Waals surface area (Å²) in [6.07, 6.45) is 0.893. The SMILES string of the molecule is CCC(C)C(CO)NC(=O)c1cc(-c2ccccc2)n[nH]1. The molecular weight excluding hydrogens is 266 g/mol. The first-order chi connectivity index (χ1) is 10.2. The van der Waals surface area contributed by atoms with Crippen LogP contribution in [-0.4, -0.2) is 33.9 Å². The van der Waals surface area contributed by atoms with E-state index in [0.29, 0.717) is 5.69 Å². The van der Waals surface area contributed by atoms with E-state index in [2.05, 4.69) is 15.5 Å². The van der Waals surface area contributed by atoms with Crippen LogP contribution in [0.25, 0.3) is 11.3 Å². The van der Waals surface area contributed by atoms with Crippen LogP contribution >= 0.6 is 0 Å². The van der Waals surface area contributed by atoms with E-state index in [0.717, 1.165) is 17.7 Å².